The summed E-state index contributed by atoms with van der Waals surface area (Å²) < 4.78 is 10.9. The van der Waals surface area contributed by atoms with Crippen molar-refractivity contribution >= 4 is 6.01 Å². The quantitative estimate of drug-likeness (QED) is 0.821. The fraction of sp³-hybridized carbons (Fsp3) is 0.818. The van der Waals surface area contributed by atoms with Gasteiger partial charge < -0.3 is 19.4 Å². The van der Waals surface area contributed by atoms with Gasteiger partial charge in [-0.15, -0.1) is 5.10 Å². The lowest BCUT2D eigenvalue weighted by atomic mass is 10.1. The third-order valence-corrected chi connectivity index (χ3v) is 3.03. The van der Waals surface area contributed by atoms with E-state index in [1.165, 1.54) is 0 Å². The molecule has 1 aliphatic rings. The molecule has 1 N–H and O–H groups in total. The molecule has 1 aromatic rings. The molecule has 0 bridgehead atoms. The molecule has 2 rings (SSSR count). The summed E-state index contributed by atoms with van der Waals surface area (Å²) in [7, 11) is 1.77. The molecule has 0 radical (unpaired) electrons. The number of ether oxygens (including phenoxy) is 1. The van der Waals surface area contributed by atoms with Crippen molar-refractivity contribution in [1.29, 1.82) is 0 Å². The van der Waals surface area contributed by atoms with Crippen LogP contribution in [0.5, 0.6) is 0 Å². The summed E-state index contributed by atoms with van der Waals surface area (Å²) in [5, 5.41) is 11.3. The van der Waals surface area contributed by atoms with Gasteiger partial charge in [0.2, 0.25) is 5.89 Å². The number of hydrogen-bond acceptors (Lipinski definition) is 6. The normalized spacial score (nSPS) is 17.6. The van der Waals surface area contributed by atoms with Gasteiger partial charge in [0.15, 0.2) is 0 Å². The Kier molecular flexibility index (Phi) is 4.33. The highest BCUT2D eigenvalue weighted by Gasteiger charge is 2.22. The van der Waals surface area contributed by atoms with Crippen molar-refractivity contribution in [2.75, 3.05) is 31.6 Å². The summed E-state index contributed by atoms with van der Waals surface area (Å²) in [6.07, 6.45) is 2.40. The van der Waals surface area contributed by atoms with Gasteiger partial charge in [0.25, 0.3) is 0 Å². The van der Waals surface area contributed by atoms with Gasteiger partial charge in [-0.3, -0.25) is 0 Å². The van der Waals surface area contributed by atoms with Gasteiger partial charge in [-0.05, 0) is 19.4 Å². The molecule has 1 aliphatic heterocycles. The minimum atomic E-state index is 0.371. The van der Waals surface area contributed by atoms with Crippen molar-refractivity contribution < 1.29 is 9.15 Å². The highest BCUT2D eigenvalue weighted by Crippen LogP contribution is 2.19. The molecule has 0 spiro atoms. The van der Waals surface area contributed by atoms with E-state index in [1.807, 2.05) is 6.92 Å². The molecule has 1 aromatic heterocycles. The summed E-state index contributed by atoms with van der Waals surface area (Å²) >= 11 is 0. The van der Waals surface area contributed by atoms with E-state index in [4.69, 9.17) is 9.15 Å². The second-order valence-electron chi connectivity index (χ2n) is 4.18. The lowest BCUT2D eigenvalue weighted by molar-refractivity contribution is 0.0810. The number of methoxy groups -OCH3 is 1. The Hall–Kier alpha value is -1.14. The van der Waals surface area contributed by atoms with E-state index < -0.39 is 0 Å². The van der Waals surface area contributed by atoms with Crippen molar-refractivity contribution in [3.63, 3.8) is 0 Å². The van der Waals surface area contributed by atoms with Gasteiger partial charge in [0, 0.05) is 20.2 Å². The Labute approximate surface area is 101 Å². The van der Waals surface area contributed by atoms with Crippen LogP contribution in [0.25, 0.3) is 0 Å². The van der Waals surface area contributed by atoms with Crippen molar-refractivity contribution in [1.82, 2.24) is 15.5 Å². The summed E-state index contributed by atoms with van der Waals surface area (Å²) in [6, 6.07) is 0.632. The standard InChI is InChI=1S/C11H20N4O2/c1-3-12-8-10-13-14-11(17-10)15-6-4-9(16-2)5-7-15/h9,12H,3-8H2,1-2H3. The zero-order valence-electron chi connectivity index (χ0n) is 10.5. The molecule has 6 heteroatoms. The molecule has 1 saturated heterocycles. The van der Waals surface area contributed by atoms with Gasteiger partial charge in [0.1, 0.15) is 0 Å². The Morgan fingerprint density at radius 3 is 2.82 bits per heavy atom. The summed E-state index contributed by atoms with van der Waals surface area (Å²) in [5.41, 5.74) is 0. The van der Waals surface area contributed by atoms with Crippen LogP contribution >= 0.6 is 0 Å². The number of aromatic nitrogens is 2. The largest absolute Gasteiger partial charge is 0.407 e. The smallest absolute Gasteiger partial charge is 0.318 e. The first-order valence-electron chi connectivity index (χ1n) is 6.14. The Morgan fingerprint density at radius 1 is 1.41 bits per heavy atom. The van der Waals surface area contributed by atoms with E-state index >= 15 is 0 Å². The number of hydrogen-bond donors (Lipinski definition) is 1. The van der Waals surface area contributed by atoms with Crippen LogP contribution < -0.4 is 10.2 Å². The van der Waals surface area contributed by atoms with Crippen LogP contribution in [0.4, 0.5) is 6.01 Å². The van der Waals surface area contributed by atoms with Crippen LogP contribution in [0.3, 0.4) is 0 Å². The van der Waals surface area contributed by atoms with Crippen LogP contribution in [-0.4, -0.2) is 43.0 Å². The summed E-state index contributed by atoms with van der Waals surface area (Å²) in [5.74, 6) is 0.649. The highest BCUT2D eigenvalue weighted by atomic mass is 16.5. The number of piperidine rings is 1. The molecular weight excluding hydrogens is 220 g/mol. The third-order valence-electron chi connectivity index (χ3n) is 3.03. The van der Waals surface area contributed by atoms with E-state index in [-0.39, 0.29) is 0 Å². The van der Waals surface area contributed by atoms with Crippen LogP contribution in [-0.2, 0) is 11.3 Å². The van der Waals surface area contributed by atoms with Crippen LogP contribution in [0.15, 0.2) is 4.42 Å². The molecule has 2 heterocycles. The molecule has 96 valence electrons. The van der Waals surface area contributed by atoms with Crippen LogP contribution in [0, 0.1) is 0 Å². The van der Waals surface area contributed by atoms with Gasteiger partial charge in [-0.1, -0.05) is 12.0 Å². The molecule has 0 amide bonds. The topological polar surface area (TPSA) is 63.4 Å². The summed E-state index contributed by atoms with van der Waals surface area (Å²) in [4.78, 5) is 2.12. The maximum Gasteiger partial charge on any atom is 0.318 e. The van der Waals surface area contributed by atoms with E-state index in [1.54, 1.807) is 7.11 Å². The average molecular weight is 240 g/mol. The molecule has 0 aliphatic carbocycles. The van der Waals surface area contributed by atoms with Crippen molar-refractivity contribution in [2.45, 2.75) is 32.4 Å². The van der Waals surface area contributed by atoms with E-state index in [0.29, 0.717) is 24.6 Å². The van der Waals surface area contributed by atoms with E-state index in [9.17, 15) is 0 Å². The average Bonchev–Trinajstić information content (AvgIpc) is 2.85. The lowest BCUT2D eigenvalue weighted by Crippen LogP contribution is -2.36. The van der Waals surface area contributed by atoms with Gasteiger partial charge in [-0.25, -0.2) is 0 Å². The fourth-order valence-electron chi connectivity index (χ4n) is 1.96. The predicted molar refractivity (Wildman–Crippen MR) is 63.9 cm³/mol. The fourth-order valence-corrected chi connectivity index (χ4v) is 1.96. The Bertz CT molecular complexity index is 334. The molecule has 0 aromatic carbocycles. The van der Waals surface area contributed by atoms with Crippen molar-refractivity contribution in [3.8, 4) is 0 Å². The van der Waals surface area contributed by atoms with Crippen LogP contribution in [0.2, 0.25) is 0 Å². The van der Waals surface area contributed by atoms with Crippen LogP contribution in [0.1, 0.15) is 25.7 Å². The lowest BCUT2D eigenvalue weighted by Gasteiger charge is -2.29. The number of anilines is 1. The first kappa shape index (κ1) is 12.3. The van der Waals surface area contributed by atoms with Gasteiger partial charge in [0.05, 0.1) is 12.6 Å². The SMILES string of the molecule is CCNCc1nnc(N2CCC(OC)CC2)o1. The number of rotatable bonds is 5. The van der Waals surface area contributed by atoms with Gasteiger partial charge >= 0.3 is 6.01 Å². The third kappa shape index (κ3) is 3.17. The summed E-state index contributed by atoms with van der Waals surface area (Å²) in [6.45, 7) is 5.42. The van der Waals surface area contributed by atoms with E-state index in [0.717, 1.165) is 32.5 Å². The maximum absolute atomic E-state index is 5.59. The highest BCUT2D eigenvalue weighted by molar-refractivity contribution is 5.24. The first-order chi connectivity index (χ1) is 8.33. The monoisotopic (exact) mass is 240 g/mol. The van der Waals surface area contributed by atoms with E-state index in [2.05, 4.69) is 20.4 Å². The molecule has 17 heavy (non-hydrogen) atoms. The Balaban J connectivity index is 1.87. The minimum Gasteiger partial charge on any atom is -0.407 e. The molecule has 6 nitrogen and oxygen atoms in total. The molecular formula is C11H20N4O2. The minimum absolute atomic E-state index is 0.371. The molecule has 0 atom stereocenters. The maximum atomic E-state index is 5.59. The zero-order chi connectivity index (χ0) is 12.1. The van der Waals surface area contributed by atoms with Gasteiger partial charge in [-0.2, -0.15) is 0 Å². The second kappa shape index (κ2) is 5.97. The molecule has 0 unspecified atom stereocenters. The number of nitrogens with zero attached hydrogens (tertiary/aromatic N) is 3. The molecule has 0 saturated carbocycles. The second-order valence-corrected chi connectivity index (χ2v) is 4.18. The van der Waals surface area contributed by atoms with Crippen molar-refractivity contribution in [3.05, 3.63) is 5.89 Å². The molecule has 1 fully saturated rings. The Morgan fingerprint density at radius 2 is 2.18 bits per heavy atom. The van der Waals surface area contributed by atoms with Crippen molar-refractivity contribution in [2.24, 2.45) is 0 Å². The predicted octanol–water partition coefficient (Wildman–Crippen LogP) is 0.794. The first-order valence-corrected chi connectivity index (χ1v) is 6.14. The zero-order valence-corrected chi connectivity index (χ0v) is 10.5. The number of nitrogens with one attached hydrogen (secondary N) is 1.